The lowest BCUT2D eigenvalue weighted by molar-refractivity contribution is 0.415. The quantitative estimate of drug-likeness (QED) is 0.261. The maximum Gasteiger partial charge on any atom is 0.121 e. The molecule has 0 radical (unpaired) electrons. The summed E-state index contributed by atoms with van der Waals surface area (Å²) in [6, 6.07) is 30.4. The molecule has 1 unspecified atom stereocenters. The third kappa shape index (κ3) is 3.68. The maximum absolute atomic E-state index is 5.55. The molecule has 6 rings (SSSR count). The molecule has 1 atom stereocenters. The Balaban J connectivity index is 1.72. The van der Waals surface area contributed by atoms with Crippen LogP contribution in [0, 0.1) is 20.8 Å². The zero-order chi connectivity index (χ0) is 24.1. The summed E-state index contributed by atoms with van der Waals surface area (Å²) < 4.78 is 7.89. The molecule has 2 aromatic heterocycles. The van der Waals surface area contributed by atoms with E-state index in [-0.39, 0.29) is 0 Å². The van der Waals surface area contributed by atoms with Crippen molar-refractivity contribution >= 4 is 46.5 Å². The number of hydrogen-bond donors (Lipinski definition) is 0. The molecule has 0 aliphatic heterocycles. The Morgan fingerprint density at radius 3 is 2.51 bits per heavy atom. The fourth-order valence-electron chi connectivity index (χ4n) is 5.16. The Labute approximate surface area is 207 Å². The Hall–Kier alpha value is -3.68. The molecule has 35 heavy (non-hydrogen) atoms. The molecule has 4 aromatic carbocycles. The van der Waals surface area contributed by atoms with E-state index in [4.69, 9.17) is 9.72 Å². The summed E-state index contributed by atoms with van der Waals surface area (Å²) in [7, 11) is 2.25. The lowest BCUT2D eigenvalue weighted by Crippen LogP contribution is -2.09. The second-order valence-electron chi connectivity index (χ2n) is 9.17. The predicted molar refractivity (Wildman–Crippen MR) is 150 cm³/mol. The molecule has 0 N–H and O–H groups in total. The van der Waals surface area contributed by atoms with E-state index >= 15 is 0 Å². The van der Waals surface area contributed by atoms with Crippen molar-refractivity contribution < 1.29 is 4.74 Å². The van der Waals surface area contributed by atoms with Gasteiger partial charge in [-0.25, -0.2) is 4.98 Å². The third-order valence-corrected chi connectivity index (χ3v) is 8.00. The summed E-state index contributed by atoms with van der Waals surface area (Å²) in [6.07, 6.45) is 0. The van der Waals surface area contributed by atoms with E-state index in [1.165, 1.54) is 43.8 Å². The van der Waals surface area contributed by atoms with Crippen LogP contribution in [-0.4, -0.2) is 16.5 Å². The normalized spacial score (nSPS) is 11.9. The number of hydrogen-bond acceptors (Lipinski definition) is 2. The molecular weight excluding hydrogens is 447 g/mol. The van der Waals surface area contributed by atoms with Gasteiger partial charge in [0.25, 0.3) is 0 Å². The van der Waals surface area contributed by atoms with Gasteiger partial charge in [-0.3, -0.25) is 0 Å². The molecule has 0 saturated heterocycles. The molecule has 2 heterocycles. The van der Waals surface area contributed by atoms with Crippen LogP contribution in [0.1, 0.15) is 16.8 Å². The van der Waals surface area contributed by atoms with Crippen molar-refractivity contribution in [2.45, 2.75) is 20.8 Å². The van der Waals surface area contributed by atoms with Crippen molar-refractivity contribution in [3.63, 3.8) is 0 Å². The van der Waals surface area contributed by atoms with Crippen LogP contribution in [0.15, 0.2) is 84.9 Å². The number of aromatic nitrogens is 2. The van der Waals surface area contributed by atoms with Gasteiger partial charge in [0.05, 0.1) is 29.4 Å². The van der Waals surface area contributed by atoms with Crippen molar-refractivity contribution in [2.24, 2.45) is 0 Å². The highest BCUT2D eigenvalue weighted by atomic mass is 31.1. The van der Waals surface area contributed by atoms with Gasteiger partial charge in [0.1, 0.15) is 5.75 Å². The molecule has 4 heteroatoms. The van der Waals surface area contributed by atoms with Gasteiger partial charge in [-0.05, 0) is 65.9 Å². The van der Waals surface area contributed by atoms with Gasteiger partial charge < -0.3 is 9.14 Å². The van der Waals surface area contributed by atoms with Gasteiger partial charge in [-0.1, -0.05) is 74.8 Å². The van der Waals surface area contributed by atoms with Crippen LogP contribution in [0.2, 0.25) is 0 Å². The Morgan fingerprint density at radius 1 is 0.829 bits per heavy atom. The van der Waals surface area contributed by atoms with Crippen molar-refractivity contribution in [3.8, 4) is 17.0 Å². The Bertz CT molecular complexity index is 1750. The second kappa shape index (κ2) is 8.52. The largest absolute Gasteiger partial charge is 0.497 e. The van der Waals surface area contributed by atoms with Crippen LogP contribution in [0.25, 0.3) is 38.6 Å². The van der Waals surface area contributed by atoms with Crippen LogP contribution in [-0.2, 0) is 0 Å². The summed E-state index contributed by atoms with van der Waals surface area (Å²) in [4.78, 5) is 5.32. The topological polar surface area (TPSA) is 26.5 Å². The van der Waals surface area contributed by atoms with E-state index in [0.717, 1.165) is 28.0 Å². The molecule has 172 valence electrons. The SMILES string of the molecule is COc1ccc2nc(-c3c(Pc4cccc(C)c4)ccc4ccccc34)c3c(C)cc(C)n3c2c1. The lowest BCUT2D eigenvalue weighted by atomic mass is 10.00. The van der Waals surface area contributed by atoms with Crippen LogP contribution >= 0.6 is 8.58 Å². The maximum atomic E-state index is 5.55. The first kappa shape index (κ1) is 21.8. The highest BCUT2D eigenvalue weighted by Crippen LogP contribution is 2.37. The monoisotopic (exact) mass is 474 g/mol. The second-order valence-corrected chi connectivity index (χ2v) is 10.5. The van der Waals surface area contributed by atoms with Gasteiger partial charge in [0.2, 0.25) is 0 Å². The summed E-state index contributed by atoms with van der Waals surface area (Å²) >= 11 is 0. The molecule has 3 nitrogen and oxygen atoms in total. The van der Waals surface area contributed by atoms with Gasteiger partial charge in [-0.15, -0.1) is 0 Å². The highest BCUT2D eigenvalue weighted by molar-refractivity contribution is 7.55. The van der Waals surface area contributed by atoms with E-state index in [1.54, 1.807) is 7.11 Å². The molecular formula is C31H27N2OP. The highest BCUT2D eigenvalue weighted by Gasteiger charge is 2.20. The van der Waals surface area contributed by atoms with E-state index in [2.05, 4.69) is 104 Å². The van der Waals surface area contributed by atoms with Crippen molar-refractivity contribution in [2.75, 3.05) is 7.11 Å². The van der Waals surface area contributed by atoms with Crippen molar-refractivity contribution in [1.29, 1.82) is 0 Å². The first-order valence-corrected chi connectivity index (χ1v) is 12.9. The molecule has 0 amide bonds. The molecule has 0 aliphatic rings. The molecule has 6 aromatic rings. The zero-order valence-electron chi connectivity index (χ0n) is 20.4. The summed E-state index contributed by atoms with van der Waals surface area (Å²) in [6.45, 7) is 6.51. The zero-order valence-corrected chi connectivity index (χ0v) is 21.4. The van der Waals surface area contributed by atoms with Crippen LogP contribution in [0.4, 0.5) is 0 Å². The van der Waals surface area contributed by atoms with Crippen molar-refractivity contribution in [1.82, 2.24) is 9.38 Å². The summed E-state index contributed by atoms with van der Waals surface area (Å²) in [5.41, 5.74) is 9.17. The van der Waals surface area contributed by atoms with E-state index in [1.807, 2.05) is 6.07 Å². The minimum atomic E-state index is 0.541. The van der Waals surface area contributed by atoms with Gasteiger partial charge in [0, 0.05) is 17.3 Å². The lowest BCUT2D eigenvalue weighted by Gasteiger charge is -2.17. The molecule has 0 spiro atoms. The van der Waals surface area contributed by atoms with Gasteiger partial charge in [-0.2, -0.15) is 0 Å². The van der Waals surface area contributed by atoms with E-state index in [0.29, 0.717) is 8.58 Å². The molecule has 0 saturated carbocycles. The number of methoxy groups -OCH3 is 1. The summed E-state index contributed by atoms with van der Waals surface area (Å²) in [5.74, 6) is 0.839. The Kier molecular flexibility index (Phi) is 5.31. The molecule has 0 aliphatic carbocycles. The van der Waals surface area contributed by atoms with Crippen LogP contribution < -0.4 is 15.3 Å². The van der Waals surface area contributed by atoms with Crippen molar-refractivity contribution in [3.05, 3.63) is 102 Å². The van der Waals surface area contributed by atoms with Gasteiger partial charge >= 0.3 is 0 Å². The van der Waals surface area contributed by atoms with E-state index < -0.39 is 0 Å². The Morgan fingerprint density at radius 2 is 1.69 bits per heavy atom. The average molecular weight is 475 g/mol. The average Bonchev–Trinajstić information content (AvgIpc) is 3.17. The standard InChI is InChI=1S/C31H27N2OP/c1-19-8-7-10-24(16-19)35-28-15-12-22-9-5-6-11-25(22)29(28)30-31-20(2)17-21(3)33(31)27-18-23(34-4)13-14-26(27)32-30/h5-18,35H,1-4H3. The van der Waals surface area contributed by atoms with E-state index in [9.17, 15) is 0 Å². The number of benzene rings is 4. The molecule has 0 bridgehead atoms. The predicted octanol–water partition coefficient (Wildman–Crippen LogP) is 6.87. The fraction of sp³-hybridized carbons (Fsp3) is 0.129. The minimum absolute atomic E-state index is 0.541. The summed E-state index contributed by atoms with van der Waals surface area (Å²) in [5, 5.41) is 5.13. The first-order chi connectivity index (χ1) is 17.0. The number of fused-ring (bicyclic) bond motifs is 4. The minimum Gasteiger partial charge on any atom is -0.497 e. The van der Waals surface area contributed by atoms with Crippen LogP contribution in [0.5, 0.6) is 5.75 Å². The van der Waals surface area contributed by atoms with Crippen LogP contribution in [0.3, 0.4) is 0 Å². The smallest absolute Gasteiger partial charge is 0.121 e. The fourth-order valence-corrected chi connectivity index (χ4v) is 6.50. The number of aryl methyl sites for hydroxylation is 3. The van der Waals surface area contributed by atoms with Gasteiger partial charge in [0.15, 0.2) is 0 Å². The number of ether oxygens (including phenoxy) is 1. The molecule has 0 fully saturated rings. The number of nitrogens with zero attached hydrogens (tertiary/aromatic N) is 2. The first-order valence-electron chi connectivity index (χ1n) is 11.9. The number of rotatable bonds is 4. The third-order valence-electron chi connectivity index (χ3n) is 6.72.